The third kappa shape index (κ3) is 3.56. The van der Waals surface area contributed by atoms with Crippen LogP contribution < -0.4 is 0 Å². The van der Waals surface area contributed by atoms with Gasteiger partial charge in [0, 0.05) is 43.0 Å². The molecule has 3 aromatic rings. The van der Waals surface area contributed by atoms with E-state index in [-0.39, 0.29) is 5.91 Å². The lowest BCUT2D eigenvalue weighted by Gasteiger charge is -2.16. The molecule has 0 aliphatic rings. The summed E-state index contributed by atoms with van der Waals surface area (Å²) in [7, 11) is 1.80. The van der Waals surface area contributed by atoms with Gasteiger partial charge >= 0.3 is 0 Å². The van der Waals surface area contributed by atoms with Crippen LogP contribution in [0.2, 0.25) is 0 Å². The fraction of sp³-hybridized carbons (Fsp3) is 0.278. The van der Waals surface area contributed by atoms with Crippen molar-refractivity contribution in [3.8, 4) is 0 Å². The molecule has 0 unspecified atom stereocenters. The summed E-state index contributed by atoms with van der Waals surface area (Å²) in [6.45, 7) is 2.57. The molecule has 5 nitrogen and oxygen atoms in total. The second-order valence-corrected chi connectivity index (χ2v) is 5.81. The van der Waals surface area contributed by atoms with Crippen LogP contribution in [0.5, 0.6) is 0 Å². The third-order valence-electron chi connectivity index (χ3n) is 3.97. The smallest absolute Gasteiger partial charge is 0.222 e. The number of aryl methyl sites for hydroxylation is 2. The van der Waals surface area contributed by atoms with Gasteiger partial charge in [0.2, 0.25) is 5.91 Å². The van der Waals surface area contributed by atoms with Crippen LogP contribution in [-0.2, 0) is 17.8 Å². The Hall–Kier alpha value is -2.69. The average molecular weight is 308 g/mol. The van der Waals surface area contributed by atoms with Crippen LogP contribution in [0.25, 0.3) is 10.9 Å². The van der Waals surface area contributed by atoms with E-state index < -0.39 is 0 Å². The van der Waals surface area contributed by atoms with E-state index in [1.165, 1.54) is 16.5 Å². The van der Waals surface area contributed by atoms with Crippen LogP contribution >= 0.6 is 0 Å². The molecule has 2 heterocycles. The molecule has 2 aromatic heterocycles. The summed E-state index contributed by atoms with van der Waals surface area (Å²) >= 11 is 0. The number of fused-ring (bicyclic) bond motifs is 1. The van der Waals surface area contributed by atoms with Crippen LogP contribution in [0.15, 0.2) is 43.0 Å². The van der Waals surface area contributed by atoms with Gasteiger partial charge < -0.3 is 9.88 Å². The first-order valence-electron chi connectivity index (χ1n) is 7.69. The zero-order valence-corrected chi connectivity index (χ0v) is 13.4. The van der Waals surface area contributed by atoms with E-state index in [1.54, 1.807) is 30.5 Å². The Bertz CT molecular complexity index is 810. The van der Waals surface area contributed by atoms with E-state index in [2.05, 4.69) is 40.1 Å². The molecule has 3 rings (SSSR count). The highest BCUT2D eigenvalue weighted by molar-refractivity contribution is 5.84. The van der Waals surface area contributed by atoms with Gasteiger partial charge in [0.1, 0.15) is 0 Å². The number of aromatic amines is 1. The topological polar surface area (TPSA) is 61.9 Å². The van der Waals surface area contributed by atoms with Crippen LogP contribution in [0, 0.1) is 6.92 Å². The minimum atomic E-state index is 0.109. The highest BCUT2D eigenvalue weighted by Crippen LogP contribution is 2.21. The summed E-state index contributed by atoms with van der Waals surface area (Å²) < 4.78 is 0. The summed E-state index contributed by atoms with van der Waals surface area (Å²) in [5.74, 6) is 0.109. The quantitative estimate of drug-likeness (QED) is 0.788. The predicted octanol–water partition coefficient (Wildman–Crippen LogP) is 2.86. The summed E-state index contributed by atoms with van der Waals surface area (Å²) in [6.07, 6.45) is 8.17. The number of amides is 1. The van der Waals surface area contributed by atoms with E-state index in [1.807, 2.05) is 6.20 Å². The van der Waals surface area contributed by atoms with E-state index >= 15 is 0 Å². The first-order valence-corrected chi connectivity index (χ1v) is 7.69. The monoisotopic (exact) mass is 308 g/mol. The lowest BCUT2D eigenvalue weighted by Crippen LogP contribution is -2.26. The Labute approximate surface area is 135 Å². The fourth-order valence-corrected chi connectivity index (χ4v) is 2.67. The minimum absolute atomic E-state index is 0.109. The molecule has 1 aromatic carbocycles. The van der Waals surface area contributed by atoms with Gasteiger partial charge in [-0.25, -0.2) is 0 Å². The van der Waals surface area contributed by atoms with Crippen molar-refractivity contribution in [3.05, 3.63) is 59.8 Å². The van der Waals surface area contributed by atoms with Gasteiger partial charge in [-0.3, -0.25) is 14.8 Å². The van der Waals surface area contributed by atoms with Gasteiger partial charge in [-0.05, 0) is 31.0 Å². The summed E-state index contributed by atoms with van der Waals surface area (Å²) in [6, 6.07) is 6.33. The Morgan fingerprint density at radius 2 is 2.17 bits per heavy atom. The summed E-state index contributed by atoms with van der Waals surface area (Å²) in [5.41, 5.74) is 4.33. The number of benzene rings is 1. The Kier molecular flexibility index (Phi) is 4.37. The molecule has 0 saturated carbocycles. The van der Waals surface area contributed by atoms with Crippen molar-refractivity contribution >= 4 is 16.8 Å². The largest absolute Gasteiger partial charge is 0.361 e. The van der Waals surface area contributed by atoms with Crippen LogP contribution in [0.3, 0.4) is 0 Å². The van der Waals surface area contributed by atoms with Crippen molar-refractivity contribution in [2.24, 2.45) is 0 Å². The first kappa shape index (κ1) is 15.2. The Morgan fingerprint density at radius 3 is 2.96 bits per heavy atom. The molecule has 0 fully saturated rings. The molecule has 0 atom stereocenters. The van der Waals surface area contributed by atoms with Crippen molar-refractivity contribution < 1.29 is 4.79 Å². The number of carbonyl (C=O) groups is 1. The highest BCUT2D eigenvalue weighted by atomic mass is 16.2. The van der Waals surface area contributed by atoms with Gasteiger partial charge in [-0.1, -0.05) is 11.6 Å². The number of hydrogen-bond acceptors (Lipinski definition) is 3. The molecule has 1 N–H and O–H groups in total. The van der Waals surface area contributed by atoms with E-state index in [4.69, 9.17) is 0 Å². The molecule has 0 spiro atoms. The van der Waals surface area contributed by atoms with Crippen molar-refractivity contribution in [2.75, 3.05) is 7.05 Å². The second-order valence-electron chi connectivity index (χ2n) is 5.81. The molecule has 0 saturated heterocycles. The number of H-pyrrole nitrogens is 1. The standard InChI is InChI=1S/C18H20N4O/c1-13-3-5-17-16(9-13)14(10-21-17)4-6-18(23)22(2)12-15-11-19-7-8-20-15/h3,5,7-11,21H,4,6,12H2,1-2H3. The molecule has 0 bridgehead atoms. The number of carbonyl (C=O) groups excluding carboxylic acids is 1. The zero-order valence-electron chi connectivity index (χ0n) is 13.4. The maximum atomic E-state index is 12.3. The maximum Gasteiger partial charge on any atom is 0.222 e. The number of hydrogen-bond donors (Lipinski definition) is 1. The van der Waals surface area contributed by atoms with Crippen molar-refractivity contribution in [1.29, 1.82) is 0 Å². The van der Waals surface area contributed by atoms with E-state index in [9.17, 15) is 4.79 Å². The highest BCUT2D eigenvalue weighted by Gasteiger charge is 2.12. The molecule has 1 amide bonds. The van der Waals surface area contributed by atoms with E-state index in [0.29, 0.717) is 13.0 Å². The van der Waals surface area contributed by atoms with Gasteiger partial charge in [0.15, 0.2) is 0 Å². The maximum absolute atomic E-state index is 12.3. The Morgan fingerprint density at radius 1 is 1.30 bits per heavy atom. The van der Waals surface area contributed by atoms with Gasteiger partial charge in [-0.2, -0.15) is 0 Å². The number of rotatable bonds is 5. The van der Waals surface area contributed by atoms with Crippen LogP contribution in [0.4, 0.5) is 0 Å². The van der Waals surface area contributed by atoms with Gasteiger partial charge in [0.25, 0.3) is 0 Å². The average Bonchev–Trinajstić information content (AvgIpc) is 2.95. The number of nitrogens with one attached hydrogen (secondary N) is 1. The SMILES string of the molecule is Cc1ccc2[nH]cc(CCC(=O)N(C)Cc3cnccn3)c2c1. The minimum Gasteiger partial charge on any atom is -0.361 e. The Balaban J connectivity index is 1.62. The van der Waals surface area contributed by atoms with Gasteiger partial charge in [-0.15, -0.1) is 0 Å². The van der Waals surface area contributed by atoms with Crippen molar-refractivity contribution in [2.45, 2.75) is 26.3 Å². The van der Waals surface area contributed by atoms with Crippen LogP contribution in [-0.4, -0.2) is 32.8 Å². The molecule has 0 aliphatic carbocycles. The fourth-order valence-electron chi connectivity index (χ4n) is 2.67. The number of nitrogens with zero attached hydrogens (tertiary/aromatic N) is 3. The lowest BCUT2D eigenvalue weighted by molar-refractivity contribution is -0.130. The molecule has 0 aliphatic heterocycles. The zero-order chi connectivity index (χ0) is 16.2. The lowest BCUT2D eigenvalue weighted by atomic mass is 10.1. The normalized spacial score (nSPS) is 10.9. The predicted molar refractivity (Wildman–Crippen MR) is 89.9 cm³/mol. The molecule has 118 valence electrons. The first-order chi connectivity index (χ1) is 11.1. The summed E-state index contributed by atoms with van der Waals surface area (Å²) in [5, 5.41) is 1.20. The molecule has 23 heavy (non-hydrogen) atoms. The van der Waals surface area contributed by atoms with Crippen molar-refractivity contribution in [1.82, 2.24) is 19.9 Å². The van der Waals surface area contributed by atoms with Gasteiger partial charge in [0.05, 0.1) is 18.4 Å². The molecule has 5 heteroatoms. The van der Waals surface area contributed by atoms with Crippen molar-refractivity contribution in [3.63, 3.8) is 0 Å². The molecular formula is C18H20N4O. The number of aromatic nitrogens is 3. The third-order valence-corrected chi connectivity index (χ3v) is 3.97. The van der Waals surface area contributed by atoms with E-state index in [0.717, 1.165) is 17.6 Å². The molecule has 0 radical (unpaired) electrons. The molecular weight excluding hydrogens is 288 g/mol. The van der Waals surface area contributed by atoms with Crippen LogP contribution in [0.1, 0.15) is 23.2 Å². The summed E-state index contributed by atoms with van der Waals surface area (Å²) in [4.78, 5) is 25.5. The second kappa shape index (κ2) is 6.60.